The minimum absolute atomic E-state index is 0.217. The van der Waals surface area contributed by atoms with Crippen molar-refractivity contribution in [1.29, 1.82) is 0 Å². The summed E-state index contributed by atoms with van der Waals surface area (Å²) in [6.45, 7) is 1.99. The zero-order valence-electron chi connectivity index (χ0n) is 19.0. The Labute approximate surface area is 201 Å². The van der Waals surface area contributed by atoms with Crippen molar-refractivity contribution >= 4 is 22.4 Å². The number of ether oxygens (including phenoxy) is 1. The maximum absolute atomic E-state index is 13.1. The van der Waals surface area contributed by atoms with E-state index in [0.29, 0.717) is 28.8 Å². The van der Waals surface area contributed by atoms with Crippen LogP contribution in [0.2, 0.25) is 0 Å². The summed E-state index contributed by atoms with van der Waals surface area (Å²) in [5.74, 6) is 0.505. The van der Waals surface area contributed by atoms with Gasteiger partial charge >= 0.3 is 0 Å². The summed E-state index contributed by atoms with van der Waals surface area (Å²) in [7, 11) is 0. The highest BCUT2D eigenvalue weighted by atomic mass is 16.5. The lowest BCUT2D eigenvalue weighted by Gasteiger charge is -2.11. The molecule has 0 spiro atoms. The molecule has 0 aliphatic rings. The fourth-order valence-corrected chi connectivity index (χ4v) is 3.82. The highest BCUT2D eigenvalue weighted by Gasteiger charge is 2.15. The second-order valence-electron chi connectivity index (χ2n) is 8.15. The number of hydrogen-bond donors (Lipinski definition) is 2. The molecule has 3 aromatic carbocycles. The lowest BCUT2D eigenvalue weighted by Crippen LogP contribution is -2.14. The van der Waals surface area contributed by atoms with Crippen LogP contribution in [0.4, 0.5) is 5.69 Å². The largest absolute Gasteiger partial charge is 0.438 e. The van der Waals surface area contributed by atoms with Crippen LogP contribution in [0.25, 0.3) is 10.8 Å². The number of benzene rings is 3. The molecule has 2 heterocycles. The lowest BCUT2D eigenvalue weighted by atomic mass is 10.0. The summed E-state index contributed by atoms with van der Waals surface area (Å²) in [6, 6.07) is 25.8. The summed E-state index contributed by atoms with van der Waals surface area (Å²) in [4.78, 5) is 29.4. The van der Waals surface area contributed by atoms with Crippen molar-refractivity contribution in [3.63, 3.8) is 0 Å². The number of amides is 1. The predicted octanol–water partition coefficient (Wildman–Crippen LogP) is 5.26. The Morgan fingerprint density at radius 1 is 0.943 bits per heavy atom. The Hall–Kier alpha value is -4.78. The van der Waals surface area contributed by atoms with E-state index in [2.05, 4.69) is 20.5 Å². The summed E-state index contributed by atoms with van der Waals surface area (Å²) in [5.41, 5.74) is 3.55. The Balaban J connectivity index is 1.36. The van der Waals surface area contributed by atoms with Crippen molar-refractivity contribution in [1.82, 2.24) is 15.2 Å². The zero-order valence-corrected chi connectivity index (χ0v) is 19.0. The van der Waals surface area contributed by atoms with E-state index in [1.54, 1.807) is 24.4 Å². The van der Waals surface area contributed by atoms with Gasteiger partial charge in [-0.05, 0) is 55.0 Å². The lowest BCUT2D eigenvalue weighted by molar-refractivity contribution is 0.102. The quantitative estimate of drug-likeness (QED) is 0.359. The molecule has 0 saturated heterocycles. The van der Waals surface area contributed by atoms with Crippen LogP contribution in [0.15, 0.2) is 95.9 Å². The van der Waals surface area contributed by atoms with E-state index in [1.807, 2.05) is 73.7 Å². The molecule has 35 heavy (non-hydrogen) atoms. The summed E-state index contributed by atoms with van der Waals surface area (Å²) >= 11 is 0. The number of aromatic amines is 1. The van der Waals surface area contributed by atoms with Crippen molar-refractivity contribution in [3.8, 4) is 11.6 Å². The van der Waals surface area contributed by atoms with E-state index >= 15 is 0 Å². The van der Waals surface area contributed by atoms with Gasteiger partial charge in [0.2, 0.25) is 5.88 Å². The fourth-order valence-electron chi connectivity index (χ4n) is 3.82. The molecule has 0 fully saturated rings. The highest BCUT2D eigenvalue weighted by molar-refractivity contribution is 6.05. The number of pyridine rings is 1. The average molecular weight is 463 g/mol. The van der Waals surface area contributed by atoms with Gasteiger partial charge < -0.3 is 10.1 Å². The number of rotatable bonds is 6. The monoisotopic (exact) mass is 462 g/mol. The number of nitrogens with zero attached hydrogens (tertiary/aromatic N) is 2. The molecule has 0 saturated carbocycles. The third-order valence-corrected chi connectivity index (χ3v) is 5.58. The average Bonchev–Trinajstić information content (AvgIpc) is 2.88. The first-order chi connectivity index (χ1) is 17.1. The van der Waals surface area contributed by atoms with Crippen LogP contribution in [0.5, 0.6) is 11.6 Å². The van der Waals surface area contributed by atoms with Gasteiger partial charge in [-0.2, -0.15) is 5.10 Å². The third kappa shape index (κ3) is 4.94. The molecule has 0 unspecified atom stereocenters. The van der Waals surface area contributed by atoms with Gasteiger partial charge in [-0.1, -0.05) is 48.0 Å². The van der Waals surface area contributed by atoms with Crippen LogP contribution in [-0.4, -0.2) is 21.1 Å². The minimum atomic E-state index is -0.329. The van der Waals surface area contributed by atoms with Crippen LogP contribution >= 0.6 is 0 Å². The Bertz CT molecular complexity index is 1580. The van der Waals surface area contributed by atoms with E-state index in [0.717, 1.165) is 22.2 Å². The number of H-pyrrole nitrogens is 1. The summed E-state index contributed by atoms with van der Waals surface area (Å²) in [5, 5.41) is 11.1. The number of nitrogens with one attached hydrogen (secondary N) is 2. The highest BCUT2D eigenvalue weighted by Crippen LogP contribution is 2.25. The van der Waals surface area contributed by atoms with Crippen LogP contribution in [0, 0.1) is 6.92 Å². The molecule has 0 atom stereocenters. The number of aromatic nitrogens is 3. The molecule has 1 amide bonds. The molecule has 2 aromatic heterocycles. The Kier molecular flexibility index (Phi) is 6.05. The maximum Gasteiger partial charge on any atom is 0.272 e. The second-order valence-corrected chi connectivity index (χ2v) is 8.15. The molecule has 2 N–H and O–H groups in total. The van der Waals surface area contributed by atoms with Gasteiger partial charge in [0, 0.05) is 23.7 Å². The molecule has 7 heteroatoms. The van der Waals surface area contributed by atoms with E-state index < -0.39 is 0 Å². The van der Waals surface area contributed by atoms with Crippen molar-refractivity contribution in [2.75, 3.05) is 5.32 Å². The zero-order chi connectivity index (χ0) is 24.2. The first kappa shape index (κ1) is 22.0. The topological polar surface area (TPSA) is 97.0 Å². The van der Waals surface area contributed by atoms with Gasteiger partial charge in [0.05, 0.1) is 11.1 Å². The molecular formula is C28H22N4O3. The predicted molar refractivity (Wildman–Crippen MR) is 135 cm³/mol. The third-order valence-electron chi connectivity index (χ3n) is 5.58. The van der Waals surface area contributed by atoms with Crippen LogP contribution in [0.3, 0.4) is 0 Å². The standard InChI is InChI=1S/C28H22N4O3/c1-18-11-13-21(14-12-18)35-28-24(10-5-15-29-28)26(33)30-20-7-4-6-19(16-20)17-25-22-8-2-3-9-23(22)27(34)32-31-25/h2-16H,17H2,1H3,(H,30,33)(H,32,34). The molecule has 5 rings (SSSR count). The molecule has 0 bridgehead atoms. The second kappa shape index (κ2) is 9.61. The van der Waals surface area contributed by atoms with Crippen molar-refractivity contribution in [2.45, 2.75) is 13.3 Å². The number of carbonyl (C=O) groups excluding carboxylic acids is 1. The molecule has 0 aliphatic carbocycles. The SMILES string of the molecule is Cc1ccc(Oc2ncccc2C(=O)Nc2cccc(Cc3n[nH]c(=O)c4ccccc34)c2)cc1. The molecule has 7 nitrogen and oxygen atoms in total. The molecule has 0 aliphatic heterocycles. The van der Waals surface area contributed by atoms with Crippen molar-refractivity contribution < 1.29 is 9.53 Å². The number of fused-ring (bicyclic) bond motifs is 1. The normalized spacial score (nSPS) is 10.8. The van der Waals surface area contributed by atoms with E-state index in [4.69, 9.17) is 4.74 Å². The number of aryl methyl sites for hydroxylation is 1. The first-order valence-electron chi connectivity index (χ1n) is 11.1. The number of hydrogen-bond acceptors (Lipinski definition) is 5. The Morgan fingerprint density at radius 3 is 2.57 bits per heavy atom. The molecule has 0 radical (unpaired) electrons. The first-order valence-corrected chi connectivity index (χ1v) is 11.1. The fraction of sp³-hybridized carbons (Fsp3) is 0.0714. The van der Waals surface area contributed by atoms with Crippen LogP contribution < -0.4 is 15.6 Å². The van der Waals surface area contributed by atoms with Gasteiger partial charge in [0.25, 0.3) is 11.5 Å². The van der Waals surface area contributed by atoms with Crippen molar-refractivity contribution in [3.05, 3.63) is 124 Å². The summed E-state index contributed by atoms with van der Waals surface area (Å²) < 4.78 is 5.87. The molecular weight excluding hydrogens is 440 g/mol. The Morgan fingerprint density at radius 2 is 1.74 bits per heavy atom. The van der Waals surface area contributed by atoms with E-state index in [9.17, 15) is 9.59 Å². The summed E-state index contributed by atoms with van der Waals surface area (Å²) in [6.07, 6.45) is 2.08. The minimum Gasteiger partial charge on any atom is -0.438 e. The maximum atomic E-state index is 13.1. The van der Waals surface area contributed by atoms with Crippen LogP contribution in [0.1, 0.15) is 27.2 Å². The smallest absolute Gasteiger partial charge is 0.272 e. The molecule has 172 valence electrons. The molecule has 5 aromatic rings. The van der Waals surface area contributed by atoms with E-state index in [1.165, 1.54) is 0 Å². The van der Waals surface area contributed by atoms with Gasteiger partial charge in [-0.25, -0.2) is 10.1 Å². The van der Waals surface area contributed by atoms with Gasteiger partial charge in [0.15, 0.2) is 0 Å². The van der Waals surface area contributed by atoms with Gasteiger partial charge in [-0.15, -0.1) is 0 Å². The van der Waals surface area contributed by atoms with Gasteiger partial charge in [0.1, 0.15) is 11.3 Å². The van der Waals surface area contributed by atoms with Gasteiger partial charge in [-0.3, -0.25) is 9.59 Å². The number of anilines is 1. The number of carbonyl (C=O) groups is 1. The van der Waals surface area contributed by atoms with Crippen molar-refractivity contribution in [2.24, 2.45) is 0 Å². The van der Waals surface area contributed by atoms with Crippen LogP contribution in [-0.2, 0) is 6.42 Å². The van der Waals surface area contributed by atoms with E-state index in [-0.39, 0.29) is 17.3 Å².